The lowest BCUT2D eigenvalue weighted by molar-refractivity contribution is -0.123. The van der Waals surface area contributed by atoms with Crippen LogP contribution in [0.15, 0.2) is 29.9 Å². The number of hydrogen-bond donors (Lipinski definition) is 3. The third-order valence-corrected chi connectivity index (χ3v) is 5.68. The van der Waals surface area contributed by atoms with E-state index >= 15 is 0 Å². The van der Waals surface area contributed by atoms with Gasteiger partial charge >= 0.3 is 0 Å². The average molecular weight is 343 g/mol. The van der Waals surface area contributed by atoms with Gasteiger partial charge in [0.05, 0.1) is 11.7 Å². The van der Waals surface area contributed by atoms with Gasteiger partial charge in [0, 0.05) is 29.4 Å². The molecule has 3 unspecified atom stereocenters. The Morgan fingerprint density at radius 2 is 2.29 bits per heavy atom. The second-order valence-electron chi connectivity index (χ2n) is 6.56. The number of aromatic nitrogens is 2. The van der Waals surface area contributed by atoms with E-state index in [9.17, 15) is 4.79 Å². The van der Waals surface area contributed by atoms with Crippen LogP contribution in [0.1, 0.15) is 37.2 Å². The van der Waals surface area contributed by atoms with Gasteiger partial charge in [0.1, 0.15) is 11.0 Å². The highest BCUT2D eigenvalue weighted by Crippen LogP contribution is 2.35. The fraction of sp³-hybridized carbons (Fsp3) is 0.471. The van der Waals surface area contributed by atoms with Gasteiger partial charge in [-0.25, -0.2) is 10.4 Å². The Kier molecular flexibility index (Phi) is 4.30. The van der Waals surface area contributed by atoms with E-state index in [2.05, 4.69) is 26.1 Å². The van der Waals surface area contributed by atoms with Crippen LogP contribution in [0.25, 0.3) is 11.3 Å². The first-order valence-electron chi connectivity index (χ1n) is 8.38. The van der Waals surface area contributed by atoms with Crippen LogP contribution in [0, 0.1) is 5.92 Å². The number of thiazole rings is 1. The number of hydrazine groups is 1. The minimum Gasteiger partial charge on any atom is -0.346 e. The monoisotopic (exact) mass is 343 g/mol. The van der Waals surface area contributed by atoms with E-state index in [4.69, 9.17) is 0 Å². The summed E-state index contributed by atoms with van der Waals surface area (Å²) in [5.74, 6) is 0.782. The fourth-order valence-electron chi connectivity index (χ4n) is 3.07. The van der Waals surface area contributed by atoms with Crippen LogP contribution in [0.5, 0.6) is 0 Å². The fourth-order valence-corrected chi connectivity index (χ4v) is 3.91. The van der Waals surface area contributed by atoms with Gasteiger partial charge in [-0.05, 0) is 44.2 Å². The lowest BCUT2D eigenvalue weighted by Gasteiger charge is -2.15. The number of rotatable bonds is 5. The molecule has 24 heavy (non-hydrogen) atoms. The van der Waals surface area contributed by atoms with Gasteiger partial charge in [-0.2, -0.15) is 0 Å². The Morgan fingerprint density at radius 3 is 3.04 bits per heavy atom. The SMILES string of the molecule is CC(NC(=O)C1CC(C2CC2)NN1)c1nc(-c2cccnc2)cs1. The van der Waals surface area contributed by atoms with Crippen molar-refractivity contribution in [2.45, 2.75) is 44.3 Å². The number of amides is 1. The zero-order valence-corrected chi connectivity index (χ0v) is 14.3. The Hall–Kier alpha value is -1.83. The third kappa shape index (κ3) is 3.33. The van der Waals surface area contributed by atoms with E-state index in [1.54, 1.807) is 23.7 Å². The predicted octanol–water partition coefficient (Wildman–Crippen LogP) is 2.03. The van der Waals surface area contributed by atoms with Gasteiger partial charge in [-0.3, -0.25) is 15.2 Å². The molecule has 0 bridgehead atoms. The molecule has 7 heteroatoms. The molecule has 3 atom stereocenters. The molecule has 2 aromatic heterocycles. The molecule has 1 aliphatic carbocycles. The summed E-state index contributed by atoms with van der Waals surface area (Å²) in [7, 11) is 0. The zero-order chi connectivity index (χ0) is 16.5. The summed E-state index contributed by atoms with van der Waals surface area (Å²) in [6.07, 6.45) is 6.97. The molecule has 4 rings (SSSR count). The number of nitrogens with one attached hydrogen (secondary N) is 3. The Balaban J connectivity index is 1.37. The van der Waals surface area contributed by atoms with Crippen LogP contribution in [-0.2, 0) is 4.79 Å². The molecule has 2 aromatic rings. The second-order valence-corrected chi connectivity index (χ2v) is 7.45. The quantitative estimate of drug-likeness (QED) is 0.774. The second kappa shape index (κ2) is 6.58. The molecule has 1 saturated carbocycles. The zero-order valence-electron chi connectivity index (χ0n) is 13.5. The molecule has 1 aliphatic heterocycles. The third-order valence-electron chi connectivity index (χ3n) is 4.65. The van der Waals surface area contributed by atoms with Crippen molar-refractivity contribution in [3.8, 4) is 11.3 Å². The molecule has 1 amide bonds. The van der Waals surface area contributed by atoms with Crippen molar-refractivity contribution in [1.82, 2.24) is 26.1 Å². The van der Waals surface area contributed by atoms with Crippen molar-refractivity contribution < 1.29 is 4.79 Å². The number of carbonyl (C=O) groups excluding carboxylic acids is 1. The van der Waals surface area contributed by atoms with Gasteiger partial charge in [-0.15, -0.1) is 11.3 Å². The summed E-state index contributed by atoms with van der Waals surface area (Å²) in [5.41, 5.74) is 8.28. The average Bonchev–Trinajstić information content (AvgIpc) is 3.14. The number of nitrogens with zero attached hydrogens (tertiary/aromatic N) is 2. The van der Waals surface area contributed by atoms with Crippen LogP contribution in [0.3, 0.4) is 0 Å². The molecule has 6 nitrogen and oxygen atoms in total. The highest BCUT2D eigenvalue weighted by atomic mass is 32.1. The van der Waals surface area contributed by atoms with Crippen LogP contribution < -0.4 is 16.2 Å². The molecule has 0 radical (unpaired) electrons. The summed E-state index contributed by atoms with van der Waals surface area (Å²) in [6.45, 7) is 1.98. The van der Waals surface area contributed by atoms with E-state index in [1.165, 1.54) is 12.8 Å². The summed E-state index contributed by atoms with van der Waals surface area (Å²) < 4.78 is 0. The van der Waals surface area contributed by atoms with Crippen molar-refractivity contribution in [2.24, 2.45) is 5.92 Å². The highest BCUT2D eigenvalue weighted by Gasteiger charge is 2.39. The van der Waals surface area contributed by atoms with E-state index in [0.717, 1.165) is 28.6 Å². The predicted molar refractivity (Wildman–Crippen MR) is 93.1 cm³/mol. The summed E-state index contributed by atoms with van der Waals surface area (Å²) in [4.78, 5) is 21.2. The smallest absolute Gasteiger partial charge is 0.239 e. The molecule has 0 aromatic carbocycles. The highest BCUT2D eigenvalue weighted by molar-refractivity contribution is 7.10. The summed E-state index contributed by atoms with van der Waals surface area (Å²) in [5, 5.41) is 5.99. The molecule has 0 spiro atoms. The van der Waals surface area contributed by atoms with E-state index in [-0.39, 0.29) is 18.0 Å². The van der Waals surface area contributed by atoms with Gasteiger partial charge in [-0.1, -0.05) is 0 Å². The molecule has 3 N–H and O–H groups in total. The van der Waals surface area contributed by atoms with Crippen LogP contribution >= 0.6 is 11.3 Å². The maximum atomic E-state index is 12.4. The van der Waals surface area contributed by atoms with Gasteiger partial charge in [0.25, 0.3) is 0 Å². The first-order chi connectivity index (χ1) is 11.7. The van der Waals surface area contributed by atoms with E-state index in [0.29, 0.717) is 6.04 Å². The molecule has 2 aliphatic rings. The minimum absolute atomic E-state index is 0.0382. The maximum Gasteiger partial charge on any atom is 0.239 e. The molecule has 126 valence electrons. The van der Waals surface area contributed by atoms with E-state index in [1.807, 2.05) is 24.4 Å². The van der Waals surface area contributed by atoms with Crippen molar-refractivity contribution in [1.29, 1.82) is 0 Å². The van der Waals surface area contributed by atoms with Crippen LogP contribution in [-0.4, -0.2) is 28.0 Å². The van der Waals surface area contributed by atoms with Gasteiger partial charge < -0.3 is 5.32 Å². The lowest BCUT2D eigenvalue weighted by atomic mass is 10.1. The van der Waals surface area contributed by atoms with Gasteiger partial charge in [0.2, 0.25) is 5.91 Å². The minimum atomic E-state index is -0.157. The normalized spacial score (nSPS) is 24.7. The molecular weight excluding hydrogens is 322 g/mol. The Morgan fingerprint density at radius 1 is 1.42 bits per heavy atom. The van der Waals surface area contributed by atoms with Crippen molar-refractivity contribution in [3.63, 3.8) is 0 Å². The summed E-state index contributed by atoms with van der Waals surface area (Å²) in [6, 6.07) is 4.06. The van der Waals surface area contributed by atoms with Crippen LogP contribution in [0.4, 0.5) is 0 Å². The largest absolute Gasteiger partial charge is 0.346 e. The number of hydrogen-bond acceptors (Lipinski definition) is 6. The lowest BCUT2D eigenvalue weighted by Crippen LogP contribution is -2.44. The van der Waals surface area contributed by atoms with Crippen molar-refractivity contribution in [3.05, 3.63) is 34.9 Å². The standard InChI is InChI=1S/C17H21N5OS/c1-10(17-20-15(9-24-17)12-3-2-6-18-8-12)19-16(23)14-7-13(21-22-14)11-4-5-11/h2-3,6,8-11,13-14,21-22H,4-5,7H2,1H3,(H,19,23). The Bertz CT molecular complexity index is 715. The molecular formula is C17H21N5OS. The molecule has 1 saturated heterocycles. The Labute approximate surface area is 145 Å². The van der Waals surface area contributed by atoms with Crippen molar-refractivity contribution in [2.75, 3.05) is 0 Å². The van der Waals surface area contributed by atoms with Crippen molar-refractivity contribution >= 4 is 17.2 Å². The van der Waals surface area contributed by atoms with Crippen LogP contribution in [0.2, 0.25) is 0 Å². The first-order valence-corrected chi connectivity index (χ1v) is 9.26. The number of carbonyl (C=O) groups is 1. The summed E-state index contributed by atoms with van der Waals surface area (Å²) >= 11 is 1.56. The molecule has 3 heterocycles. The van der Waals surface area contributed by atoms with E-state index < -0.39 is 0 Å². The molecule has 2 fully saturated rings. The topological polar surface area (TPSA) is 78.9 Å². The first kappa shape index (κ1) is 15.7. The maximum absolute atomic E-state index is 12.4. The van der Waals surface area contributed by atoms with Gasteiger partial charge in [0.15, 0.2) is 0 Å². The number of pyridine rings is 1.